The van der Waals surface area contributed by atoms with Crippen LogP contribution in [0.15, 0.2) is 39.9 Å². The van der Waals surface area contributed by atoms with E-state index in [9.17, 15) is 14.4 Å². The minimum Gasteiger partial charge on any atom is -0.467 e. The molecule has 0 aliphatic carbocycles. The zero-order chi connectivity index (χ0) is 23.5. The molecule has 0 radical (unpaired) electrons. The van der Waals surface area contributed by atoms with Crippen LogP contribution < -0.4 is 21.5 Å². The van der Waals surface area contributed by atoms with Crippen molar-refractivity contribution in [1.29, 1.82) is 0 Å². The lowest BCUT2D eigenvalue weighted by Crippen LogP contribution is -2.44. The molecule has 172 valence electrons. The van der Waals surface area contributed by atoms with Gasteiger partial charge in [-0.1, -0.05) is 36.3 Å². The number of piperazine rings is 1. The first kappa shape index (κ1) is 22.4. The fraction of sp³-hybridized carbons (Fsp3) is 0.391. The third-order valence-electron chi connectivity index (χ3n) is 5.77. The van der Waals surface area contributed by atoms with Crippen LogP contribution in [-0.2, 0) is 23.1 Å². The van der Waals surface area contributed by atoms with Gasteiger partial charge in [0.05, 0.1) is 13.7 Å². The molecule has 4 rings (SSSR count). The van der Waals surface area contributed by atoms with Gasteiger partial charge in [0.1, 0.15) is 0 Å². The summed E-state index contributed by atoms with van der Waals surface area (Å²) >= 11 is 0. The van der Waals surface area contributed by atoms with Gasteiger partial charge in [-0.2, -0.15) is 4.98 Å². The summed E-state index contributed by atoms with van der Waals surface area (Å²) in [5.41, 5.74) is -0.232. The third-order valence-corrected chi connectivity index (χ3v) is 5.77. The van der Waals surface area contributed by atoms with Crippen LogP contribution in [0.2, 0.25) is 0 Å². The van der Waals surface area contributed by atoms with Gasteiger partial charge in [-0.15, -0.1) is 5.92 Å². The number of carbonyl (C=O) groups is 1. The number of imidazole rings is 1. The molecule has 1 fully saturated rings. The van der Waals surface area contributed by atoms with Crippen LogP contribution in [0, 0.1) is 11.8 Å². The van der Waals surface area contributed by atoms with Crippen LogP contribution in [0.3, 0.4) is 0 Å². The summed E-state index contributed by atoms with van der Waals surface area (Å²) < 4.78 is 9.03. The number of anilines is 1. The van der Waals surface area contributed by atoms with Crippen LogP contribution >= 0.6 is 0 Å². The van der Waals surface area contributed by atoms with E-state index in [0.717, 1.165) is 17.7 Å². The fourth-order valence-electron chi connectivity index (χ4n) is 4.09. The number of hydrogen-bond acceptors (Lipinski definition) is 7. The monoisotopic (exact) mass is 450 g/mol. The number of aromatic nitrogens is 4. The number of rotatable bonds is 5. The average molecular weight is 450 g/mol. The minimum absolute atomic E-state index is 0.133. The van der Waals surface area contributed by atoms with E-state index in [-0.39, 0.29) is 17.7 Å². The average Bonchev–Trinajstić information content (AvgIpc) is 3.23. The van der Waals surface area contributed by atoms with Gasteiger partial charge in [0.2, 0.25) is 5.95 Å². The number of benzene rings is 1. The molecule has 0 spiro atoms. The van der Waals surface area contributed by atoms with E-state index in [1.165, 1.54) is 18.7 Å². The molecule has 33 heavy (non-hydrogen) atoms. The summed E-state index contributed by atoms with van der Waals surface area (Å²) in [6, 6.07) is 7.74. The van der Waals surface area contributed by atoms with Gasteiger partial charge in [-0.3, -0.25) is 18.5 Å². The summed E-state index contributed by atoms with van der Waals surface area (Å²) in [6.07, 6.45) is 0. The summed E-state index contributed by atoms with van der Waals surface area (Å²) in [4.78, 5) is 46.4. The second kappa shape index (κ2) is 9.34. The maximum atomic E-state index is 13.4. The Morgan fingerprint density at radius 2 is 1.91 bits per heavy atom. The molecule has 1 unspecified atom stereocenters. The Morgan fingerprint density at radius 3 is 2.55 bits per heavy atom. The molecule has 0 saturated carbocycles. The van der Waals surface area contributed by atoms with Crippen LogP contribution in [0.1, 0.15) is 18.5 Å². The number of methoxy groups -OCH3 is 1. The maximum absolute atomic E-state index is 13.4. The minimum atomic E-state index is -1.10. The highest BCUT2D eigenvalue weighted by Gasteiger charge is 2.31. The summed E-state index contributed by atoms with van der Waals surface area (Å²) in [6.45, 7) is 4.86. The highest BCUT2D eigenvalue weighted by Crippen LogP contribution is 2.25. The third kappa shape index (κ3) is 3.91. The van der Waals surface area contributed by atoms with Crippen LogP contribution in [0.25, 0.3) is 11.2 Å². The lowest BCUT2D eigenvalue weighted by Gasteiger charge is -2.28. The van der Waals surface area contributed by atoms with Crippen molar-refractivity contribution in [1.82, 2.24) is 24.0 Å². The van der Waals surface area contributed by atoms with Crippen LogP contribution in [0.5, 0.6) is 0 Å². The Bertz CT molecular complexity index is 1350. The molecule has 0 amide bonds. The van der Waals surface area contributed by atoms with E-state index < -0.39 is 23.3 Å². The molecule has 2 aromatic heterocycles. The molecule has 1 aliphatic rings. The first-order valence-corrected chi connectivity index (χ1v) is 10.7. The molecule has 1 aromatic carbocycles. The fourth-order valence-corrected chi connectivity index (χ4v) is 4.09. The highest BCUT2D eigenvalue weighted by atomic mass is 16.5. The van der Waals surface area contributed by atoms with Crippen molar-refractivity contribution in [3.8, 4) is 11.8 Å². The highest BCUT2D eigenvalue weighted by molar-refractivity contribution is 5.82. The normalized spacial score (nSPS) is 14.6. The van der Waals surface area contributed by atoms with E-state index in [2.05, 4.69) is 22.1 Å². The molecule has 1 atom stereocenters. The number of ether oxygens (including phenoxy) is 1. The summed E-state index contributed by atoms with van der Waals surface area (Å²) in [5, 5.41) is 3.30. The van der Waals surface area contributed by atoms with Crippen LogP contribution in [0.4, 0.5) is 5.95 Å². The molecule has 3 heterocycles. The van der Waals surface area contributed by atoms with Crippen molar-refractivity contribution < 1.29 is 9.53 Å². The first-order valence-electron chi connectivity index (χ1n) is 10.7. The maximum Gasteiger partial charge on any atom is 0.333 e. The van der Waals surface area contributed by atoms with Gasteiger partial charge in [0, 0.05) is 33.2 Å². The van der Waals surface area contributed by atoms with E-state index in [1.54, 1.807) is 35.8 Å². The molecule has 10 nitrogen and oxygen atoms in total. The molecule has 10 heteroatoms. The number of hydrogen-bond donors (Lipinski definition) is 1. The second-order valence-corrected chi connectivity index (χ2v) is 7.69. The molecular formula is C23H26N6O4. The van der Waals surface area contributed by atoms with E-state index in [0.29, 0.717) is 24.6 Å². The summed E-state index contributed by atoms with van der Waals surface area (Å²) in [7, 11) is 2.66. The van der Waals surface area contributed by atoms with Crippen molar-refractivity contribution in [3.63, 3.8) is 0 Å². The molecule has 1 N–H and O–H groups in total. The lowest BCUT2D eigenvalue weighted by atomic mass is 10.1. The predicted molar refractivity (Wildman–Crippen MR) is 124 cm³/mol. The predicted octanol–water partition coefficient (Wildman–Crippen LogP) is 0.0920. The number of esters is 1. The van der Waals surface area contributed by atoms with Gasteiger partial charge >= 0.3 is 11.7 Å². The number of nitrogens with one attached hydrogen (secondary N) is 1. The summed E-state index contributed by atoms with van der Waals surface area (Å²) in [5.74, 6) is 5.77. The molecule has 3 aromatic rings. The SMILES string of the molecule is CC#CCn1c(N2CCNCC2)nc2c1c(=O)n(C)c(=O)n2C(C(=O)OC)c1ccccc1. The van der Waals surface area contributed by atoms with E-state index >= 15 is 0 Å². The van der Waals surface area contributed by atoms with Gasteiger partial charge < -0.3 is 15.0 Å². The molecule has 1 aliphatic heterocycles. The Hall–Kier alpha value is -3.84. The lowest BCUT2D eigenvalue weighted by molar-refractivity contribution is -0.143. The quantitative estimate of drug-likeness (QED) is 0.434. The van der Waals surface area contributed by atoms with Crippen molar-refractivity contribution in [3.05, 3.63) is 56.7 Å². The van der Waals surface area contributed by atoms with Crippen molar-refractivity contribution >= 4 is 23.1 Å². The Kier molecular flexibility index (Phi) is 6.33. The van der Waals surface area contributed by atoms with Crippen molar-refractivity contribution in [2.75, 3.05) is 38.2 Å². The van der Waals surface area contributed by atoms with Gasteiger partial charge in [0.15, 0.2) is 17.2 Å². The van der Waals surface area contributed by atoms with Gasteiger partial charge in [-0.05, 0) is 12.5 Å². The van der Waals surface area contributed by atoms with Crippen LogP contribution in [-0.4, -0.2) is 57.9 Å². The largest absolute Gasteiger partial charge is 0.467 e. The smallest absolute Gasteiger partial charge is 0.333 e. The molecule has 1 saturated heterocycles. The van der Waals surface area contributed by atoms with Crippen molar-refractivity contribution in [2.45, 2.75) is 19.5 Å². The number of fused-ring (bicyclic) bond motifs is 1. The number of nitrogens with zero attached hydrogens (tertiary/aromatic N) is 5. The Morgan fingerprint density at radius 1 is 1.21 bits per heavy atom. The van der Waals surface area contributed by atoms with E-state index in [1.807, 2.05) is 6.07 Å². The molecular weight excluding hydrogens is 424 g/mol. The zero-order valence-electron chi connectivity index (χ0n) is 18.9. The van der Waals surface area contributed by atoms with Gasteiger partial charge in [-0.25, -0.2) is 9.59 Å². The van der Waals surface area contributed by atoms with E-state index in [4.69, 9.17) is 9.72 Å². The molecule has 0 bridgehead atoms. The first-order chi connectivity index (χ1) is 16.0. The van der Waals surface area contributed by atoms with Crippen molar-refractivity contribution in [2.24, 2.45) is 7.05 Å². The van der Waals surface area contributed by atoms with Gasteiger partial charge in [0.25, 0.3) is 5.56 Å². The Labute approximate surface area is 190 Å². The Balaban J connectivity index is 2.09. The topological polar surface area (TPSA) is 103 Å². The zero-order valence-corrected chi connectivity index (χ0v) is 18.9. The standard InChI is InChI=1S/C23H26N6O4/c1-4-5-13-28-18-19(25-22(28)27-14-11-24-12-15-27)29(23(32)26(2)20(18)30)17(21(31)33-3)16-9-7-6-8-10-16/h6-10,17,24H,11-15H2,1-3H3. The second-order valence-electron chi connectivity index (χ2n) is 7.69. The number of carbonyl (C=O) groups excluding carboxylic acids is 1.